The van der Waals surface area contributed by atoms with E-state index in [0.29, 0.717) is 6.54 Å². The second-order valence-corrected chi connectivity index (χ2v) is 5.18. The molecule has 0 aromatic rings. The molecule has 0 bridgehead atoms. The van der Waals surface area contributed by atoms with Crippen LogP contribution in [0, 0.1) is 0 Å². The van der Waals surface area contributed by atoms with Gasteiger partial charge in [-0.25, -0.2) is 4.79 Å². The Kier molecular flexibility index (Phi) is 4.19. The third-order valence-electron chi connectivity index (χ3n) is 3.68. The molecule has 0 N–H and O–H groups in total. The highest BCUT2D eigenvalue weighted by Gasteiger charge is 2.32. The number of piperazine rings is 1. The summed E-state index contributed by atoms with van der Waals surface area (Å²) in [6, 6.07) is -0.154. The van der Waals surface area contributed by atoms with Crippen molar-refractivity contribution in [2.24, 2.45) is 0 Å². The molecule has 0 aromatic carbocycles. The van der Waals surface area contributed by atoms with Crippen molar-refractivity contribution in [2.75, 3.05) is 59.9 Å². The number of amides is 3. The Labute approximate surface area is 108 Å². The van der Waals surface area contributed by atoms with Crippen molar-refractivity contribution in [1.29, 1.82) is 0 Å². The molecule has 0 saturated carbocycles. The zero-order valence-electron chi connectivity index (χ0n) is 11.3. The molecule has 2 aliphatic rings. The van der Waals surface area contributed by atoms with E-state index in [9.17, 15) is 9.59 Å². The van der Waals surface area contributed by atoms with Gasteiger partial charge in [0, 0.05) is 39.8 Å². The van der Waals surface area contributed by atoms with Gasteiger partial charge in [-0.05, 0) is 20.0 Å². The summed E-state index contributed by atoms with van der Waals surface area (Å²) in [5.74, 6) is -0.0686. The zero-order chi connectivity index (χ0) is 13.1. The Morgan fingerprint density at radius 3 is 2.22 bits per heavy atom. The Bertz CT molecular complexity index is 326. The second kappa shape index (κ2) is 5.67. The van der Waals surface area contributed by atoms with Crippen LogP contribution in [0.4, 0.5) is 4.79 Å². The maximum absolute atomic E-state index is 11.7. The molecular weight excluding hydrogens is 232 g/mol. The van der Waals surface area contributed by atoms with Crippen LogP contribution >= 0.6 is 0 Å². The van der Waals surface area contributed by atoms with Crippen molar-refractivity contribution in [2.45, 2.75) is 6.42 Å². The Balaban J connectivity index is 1.69. The first-order chi connectivity index (χ1) is 8.58. The summed E-state index contributed by atoms with van der Waals surface area (Å²) in [6.07, 6.45) is 0.870. The van der Waals surface area contributed by atoms with Gasteiger partial charge in [-0.2, -0.15) is 0 Å². The van der Waals surface area contributed by atoms with Gasteiger partial charge in [0.2, 0.25) is 5.91 Å². The van der Waals surface area contributed by atoms with E-state index < -0.39 is 0 Å². The van der Waals surface area contributed by atoms with Crippen molar-refractivity contribution in [3.8, 4) is 0 Å². The van der Waals surface area contributed by atoms with Gasteiger partial charge in [-0.1, -0.05) is 0 Å². The molecule has 0 atom stereocenters. The first kappa shape index (κ1) is 13.3. The number of imide groups is 1. The summed E-state index contributed by atoms with van der Waals surface area (Å²) < 4.78 is 0. The summed E-state index contributed by atoms with van der Waals surface area (Å²) in [7, 11) is 3.80. The molecule has 3 amide bonds. The number of nitrogens with zero attached hydrogens (tertiary/aromatic N) is 4. The number of likely N-dealkylation sites (N-methyl/N-ethyl adjacent to an activating group) is 2. The molecule has 18 heavy (non-hydrogen) atoms. The molecule has 102 valence electrons. The van der Waals surface area contributed by atoms with Gasteiger partial charge < -0.3 is 14.7 Å². The number of urea groups is 1. The summed E-state index contributed by atoms with van der Waals surface area (Å²) in [5.41, 5.74) is 0. The van der Waals surface area contributed by atoms with Crippen LogP contribution in [-0.2, 0) is 4.79 Å². The number of rotatable bonds is 4. The average Bonchev–Trinajstić information content (AvgIpc) is 2.58. The minimum absolute atomic E-state index is 0.0686. The molecule has 2 aliphatic heterocycles. The number of carbonyl (C=O) groups excluding carboxylic acids is 2. The molecule has 6 nitrogen and oxygen atoms in total. The van der Waals surface area contributed by atoms with Crippen LogP contribution in [0.1, 0.15) is 6.42 Å². The van der Waals surface area contributed by atoms with Crippen LogP contribution in [0.5, 0.6) is 0 Å². The van der Waals surface area contributed by atoms with Gasteiger partial charge in [-0.3, -0.25) is 9.69 Å². The molecular formula is C12H22N4O2. The van der Waals surface area contributed by atoms with E-state index in [1.54, 1.807) is 7.05 Å². The minimum atomic E-state index is -0.154. The molecule has 2 heterocycles. The van der Waals surface area contributed by atoms with E-state index in [-0.39, 0.29) is 18.5 Å². The Morgan fingerprint density at radius 1 is 1.00 bits per heavy atom. The fourth-order valence-corrected chi connectivity index (χ4v) is 2.41. The van der Waals surface area contributed by atoms with Crippen LogP contribution in [-0.4, -0.2) is 91.4 Å². The van der Waals surface area contributed by atoms with Crippen LogP contribution in [0.15, 0.2) is 0 Å². The van der Waals surface area contributed by atoms with Crippen molar-refractivity contribution < 1.29 is 9.59 Å². The number of hydrogen-bond donors (Lipinski definition) is 0. The third-order valence-corrected chi connectivity index (χ3v) is 3.68. The molecule has 2 fully saturated rings. The van der Waals surface area contributed by atoms with Crippen LogP contribution < -0.4 is 0 Å². The normalized spacial score (nSPS) is 23.2. The topological polar surface area (TPSA) is 47.1 Å². The van der Waals surface area contributed by atoms with Gasteiger partial charge in [0.25, 0.3) is 0 Å². The lowest BCUT2D eigenvalue weighted by Crippen LogP contribution is -2.45. The smallest absolute Gasteiger partial charge is 0.318 e. The van der Waals surface area contributed by atoms with Gasteiger partial charge in [-0.15, -0.1) is 0 Å². The summed E-state index contributed by atoms with van der Waals surface area (Å²) in [4.78, 5) is 30.8. The third kappa shape index (κ3) is 3.00. The lowest BCUT2D eigenvalue weighted by atomic mass is 10.3. The molecule has 0 spiro atoms. The first-order valence-corrected chi connectivity index (χ1v) is 6.54. The zero-order valence-corrected chi connectivity index (χ0v) is 11.3. The Hall–Kier alpha value is -1.14. The maximum Gasteiger partial charge on any atom is 0.326 e. The highest BCUT2D eigenvalue weighted by Crippen LogP contribution is 2.09. The largest absolute Gasteiger partial charge is 0.326 e. The quantitative estimate of drug-likeness (QED) is 0.636. The molecule has 0 unspecified atom stereocenters. The Morgan fingerprint density at radius 2 is 1.67 bits per heavy atom. The van der Waals surface area contributed by atoms with E-state index in [1.165, 1.54) is 9.80 Å². The van der Waals surface area contributed by atoms with Gasteiger partial charge in [0.15, 0.2) is 0 Å². The molecule has 2 rings (SSSR count). The van der Waals surface area contributed by atoms with Crippen LogP contribution in [0.3, 0.4) is 0 Å². The molecule has 0 radical (unpaired) electrons. The van der Waals surface area contributed by atoms with Gasteiger partial charge in [0.05, 0.1) is 0 Å². The number of hydrogen-bond acceptors (Lipinski definition) is 4. The summed E-state index contributed by atoms with van der Waals surface area (Å²) in [6.45, 7) is 6.11. The highest BCUT2D eigenvalue weighted by atomic mass is 16.2. The summed E-state index contributed by atoms with van der Waals surface area (Å²) in [5, 5.41) is 0. The van der Waals surface area contributed by atoms with Crippen molar-refractivity contribution >= 4 is 11.9 Å². The molecule has 6 heteroatoms. The maximum atomic E-state index is 11.7. The second-order valence-electron chi connectivity index (χ2n) is 5.18. The predicted octanol–water partition coefficient (Wildman–Crippen LogP) is -0.482. The fraction of sp³-hybridized carbons (Fsp3) is 0.833. The lowest BCUT2D eigenvalue weighted by Gasteiger charge is -2.32. The minimum Gasteiger partial charge on any atom is -0.318 e. The lowest BCUT2D eigenvalue weighted by molar-refractivity contribution is -0.125. The summed E-state index contributed by atoms with van der Waals surface area (Å²) >= 11 is 0. The molecule has 0 aromatic heterocycles. The monoisotopic (exact) mass is 254 g/mol. The average molecular weight is 254 g/mol. The SMILES string of the molecule is CN1CCN(CCCN2C(=O)CN(C)C2=O)CC1. The standard InChI is InChI=1S/C12H22N4O2/c1-13-6-8-15(9-7-13)4-3-5-16-11(17)10-14(2)12(16)18/h3-10H2,1-2H3. The van der Waals surface area contributed by atoms with Crippen molar-refractivity contribution in [3.05, 3.63) is 0 Å². The van der Waals surface area contributed by atoms with E-state index in [1.807, 2.05) is 0 Å². The van der Waals surface area contributed by atoms with E-state index in [4.69, 9.17) is 0 Å². The van der Waals surface area contributed by atoms with Crippen LogP contribution in [0.25, 0.3) is 0 Å². The fourth-order valence-electron chi connectivity index (χ4n) is 2.41. The first-order valence-electron chi connectivity index (χ1n) is 6.54. The van der Waals surface area contributed by atoms with E-state index in [2.05, 4.69) is 16.8 Å². The molecule has 2 saturated heterocycles. The van der Waals surface area contributed by atoms with Crippen LogP contribution in [0.2, 0.25) is 0 Å². The highest BCUT2D eigenvalue weighted by molar-refractivity contribution is 6.01. The van der Waals surface area contributed by atoms with Crippen molar-refractivity contribution in [1.82, 2.24) is 19.6 Å². The van der Waals surface area contributed by atoms with Crippen molar-refractivity contribution in [3.63, 3.8) is 0 Å². The van der Waals surface area contributed by atoms with Gasteiger partial charge in [0.1, 0.15) is 6.54 Å². The molecule has 0 aliphatic carbocycles. The predicted molar refractivity (Wildman–Crippen MR) is 68.3 cm³/mol. The number of carbonyl (C=O) groups is 2. The van der Waals surface area contributed by atoms with Gasteiger partial charge >= 0.3 is 6.03 Å². The van der Waals surface area contributed by atoms with E-state index in [0.717, 1.165) is 39.1 Å². The van der Waals surface area contributed by atoms with E-state index >= 15 is 0 Å².